The third-order valence-corrected chi connectivity index (χ3v) is 3.50. The predicted molar refractivity (Wildman–Crippen MR) is 85.9 cm³/mol. The van der Waals surface area contributed by atoms with Crippen molar-refractivity contribution in [2.45, 2.75) is 0 Å². The van der Waals surface area contributed by atoms with E-state index in [0.29, 0.717) is 5.58 Å². The number of carbonyl (C=O) groups is 2. The Morgan fingerprint density at radius 3 is 2.56 bits per heavy atom. The molecule has 126 valence electrons. The molecule has 0 aliphatic carbocycles. The Kier molecular flexibility index (Phi) is 3.82. The van der Waals surface area contributed by atoms with Gasteiger partial charge in [-0.3, -0.25) is 14.9 Å². The van der Waals surface area contributed by atoms with E-state index >= 15 is 0 Å². The Labute approximate surface area is 139 Å². The lowest BCUT2D eigenvalue weighted by Crippen LogP contribution is -2.12. The second kappa shape index (κ2) is 5.96. The van der Waals surface area contributed by atoms with Crippen LogP contribution in [-0.4, -0.2) is 27.0 Å². The maximum atomic E-state index is 12.4. The highest BCUT2D eigenvalue weighted by Gasteiger charge is 2.18. The summed E-state index contributed by atoms with van der Waals surface area (Å²) in [6.45, 7) is 0. The van der Waals surface area contributed by atoms with Crippen molar-refractivity contribution in [3.05, 3.63) is 63.9 Å². The van der Waals surface area contributed by atoms with E-state index in [1.54, 1.807) is 0 Å². The van der Waals surface area contributed by atoms with E-state index in [1.165, 1.54) is 24.3 Å². The smallest absolute Gasteiger partial charge is 0.339 e. The molecule has 0 saturated carbocycles. The van der Waals surface area contributed by atoms with Crippen molar-refractivity contribution in [1.29, 1.82) is 0 Å². The van der Waals surface area contributed by atoms with Gasteiger partial charge in [0.1, 0.15) is 23.2 Å². The molecule has 0 fully saturated rings. The number of amides is 1. The maximum absolute atomic E-state index is 12.4. The van der Waals surface area contributed by atoms with Crippen LogP contribution in [0.3, 0.4) is 0 Å². The van der Waals surface area contributed by atoms with Crippen LogP contribution in [0.2, 0.25) is 0 Å². The minimum atomic E-state index is -1.35. The molecule has 0 spiro atoms. The molecular weight excluding hydrogens is 332 g/mol. The number of nitro benzene ring substituents is 1. The van der Waals surface area contributed by atoms with Gasteiger partial charge in [0.25, 0.3) is 11.6 Å². The first kappa shape index (κ1) is 16.0. The summed E-state index contributed by atoms with van der Waals surface area (Å²) in [6.07, 6.45) is 1.16. The number of fused-ring (bicyclic) bond motifs is 1. The number of anilines is 1. The third kappa shape index (κ3) is 2.98. The minimum Gasteiger partial charge on any atom is -0.507 e. The summed E-state index contributed by atoms with van der Waals surface area (Å²) in [4.78, 5) is 33.7. The Morgan fingerprint density at radius 1 is 1.12 bits per heavy atom. The number of non-ortho nitro benzene ring substituents is 1. The molecule has 1 heterocycles. The van der Waals surface area contributed by atoms with Gasteiger partial charge in [-0.15, -0.1) is 0 Å². The number of phenols is 1. The lowest BCUT2D eigenvalue weighted by Gasteiger charge is -2.06. The molecule has 9 nitrogen and oxygen atoms in total. The Hall–Kier alpha value is -3.88. The number of carboxylic acids is 1. The van der Waals surface area contributed by atoms with Gasteiger partial charge in [-0.1, -0.05) is 0 Å². The monoisotopic (exact) mass is 342 g/mol. The van der Waals surface area contributed by atoms with Crippen molar-refractivity contribution in [3.63, 3.8) is 0 Å². The second-order valence-corrected chi connectivity index (χ2v) is 5.08. The molecule has 1 amide bonds. The first-order chi connectivity index (χ1) is 11.9. The van der Waals surface area contributed by atoms with Crippen molar-refractivity contribution in [1.82, 2.24) is 0 Å². The van der Waals surface area contributed by atoms with Crippen LogP contribution < -0.4 is 5.32 Å². The van der Waals surface area contributed by atoms with Crippen molar-refractivity contribution >= 4 is 34.2 Å². The average Bonchev–Trinajstić information content (AvgIpc) is 2.99. The fourth-order valence-corrected chi connectivity index (χ4v) is 2.29. The first-order valence-corrected chi connectivity index (χ1v) is 6.90. The van der Waals surface area contributed by atoms with Gasteiger partial charge in [-0.25, -0.2) is 4.79 Å². The number of furan rings is 1. The van der Waals surface area contributed by atoms with Gasteiger partial charge in [0, 0.05) is 23.2 Å². The Balaban J connectivity index is 1.95. The number of carboxylic acid groups (broad SMARTS) is 1. The van der Waals surface area contributed by atoms with Gasteiger partial charge in [-0.05, 0) is 24.3 Å². The quantitative estimate of drug-likeness (QED) is 0.375. The molecule has 1 aromatic heterocycles. The van der Waals surface area contributed by atoms with E-state index in [4.69, 9.17) is 9.52 Å². The van der Waals surface area contributed by atoms with Crippen LogP contribution in [0.1, 0.15) is 20.7 Å². The number of hydrogen-bond donors (Lipinski definition) is 3. The van der Waals surface area contributed by atoms with Gasteiger partial charge >= 0.3 is 5.97 Å². The largest absolute Gasteiger partial charge is 0.507 e. The summed E-state index contributed by atoms with van der Waals surface area (Å²) in [5.41, 5.74) is -0.0671. The van der Waals surface area contributed by atoms with E-state index in [9.17, 15) is 24.8 Å². The van der Waals surface area contributed by atoms with E-state index in [-0.39, 0.29) is 27.9 Å². The molecule has 0 saturated heterocycles. The minimum absolute atomic E-state index is 0.0589. The normalized spacial score (nSPS) is 10.6. The maximum Gasteiger partial charge on any atom is 0.339 e. The topological polar surface area (TPSA) is 143 Å². The van der Waals surface area contributed by atoms with Crippen LogP contribution in [0.5, 0.6) is 5.75 Å². The number of aromatic hydroxyl groups is 1. The van der Waals surface area contributed by atoms with E-state index in [0.717, 1.165) is 18.4 Å². The number of aromatic carboxylic acids is 1. The van der Waals surface area contributed by atoms with Gasteiger partial charge in [-0.2, -0.15) is 0 Å². The lowest BCUT2D eigenvalue weighted by molar-refractivity contribution is -0.384. The third-order valence-electron chi connectivity index (χ3n) is 3.50. The SMILES string of the molecule is O=C(O)c1cc(NC(=O)c2coc3ccc([N+](=O)[O-])cc23)ccc1O. The highest BCUT2D eigenvalue weighted by Crippen LogP contribution is 2.27. The molecule has 0 unspecified atom stereocenters. The van der Waals surface area contributed by atoms with Crippen LogP contribution in [0, 0.1) is 10.1 Å². The van der Waals surface area contributed by atoms with Gasteiger partial charge in [0.05, 0.1) is 10.5 Å². The van der Waals surface area contributed by atoms with Crippen molar-refractivity contribution in [2.24, 2.45) is 0 Å². The molecule has 0 bridgehead atoms. The van der Waals surface area contributed by atoms with Crippen LogP contribution in [0.25, 0.3) is 11.0 Å². The summed E-state index contributed by atoms with van der Waals surface area (Å²) in [5, 5.41) is 32.0. The average molecular weight is 342 g/mol. The molecule has 0 radical (unpaired) electrons. The van der Waals surface area contributed by atoms with E-state index < -0.39 is 22.5 Å². The van der Waals surface area contributed by atoms with E-state index in [2.05, 4.69) is 5.32 Å². The van der Waals surface area contributed by atoms with Crippen LogP contribution >= 0.6 is 0 Å². The Bertz CT molecular complexity index is 1020. The summed E-state index contributed by atoms with van der Waals surface area (Å²) in [6, 6.07) is 7.41. The number of benzene rings is 2. The van der Waals surface area contributed by atoms with Crippen molar-refractivity contribution in [3.8, 4) is 5.75 Å². The number of nitrogens with zero attached hydrogens (tertiary/aromatic N) is 1. The molecule has 2 aromatic carbocycles. The summed E-state index contributed by atoms with van der Waals surface area (Å²) < 4.78 is 5.21. The highest BCUT2D eigenvalue weighted by molar-refractivity contribution is 6.12. The Morgan fingerprint density at radius 2 is 1.88 bits per heavy atom. The molecule has 3 aromatic rings. The standard InChI is InChI=1S/C16H10N2O7/c19-13-3-1-8(5-11(13)16(21)22)17-15(20)12-7-25-14-4-2-9(18(23)24)6-10(12)14/h1-7,19H,(H,17,20)(H,21,22). The van der Waals surface area contributed by atoms with Crippen LogP contribution in [0.15, 0.2) is 47.1 Å². The number of hydrogen-bond acceptors (Lipinski definition) is 6. The predicted octanol–water partition coefficient (Wildman–Crippen LogP) is 3.00. The molecule has 0 aliphatic heterocycles. The van der Waals surface area contributed by atoms with Crippen molar-refractivity contribution < 1.29 is 29.1 Å². The zero-order valence-electron chi connectivity index (χ0n) is 12.4. The zero-order chi connectivity index (χ0) is 18.1. The summed E-state index contributed by atoms with van der Waals surface area (Å²) >= 11 is 0. The molecular formula is C16H10N2O7. The molecule has 25 heavy (non-hydrogen) atoms. The first-order valence-electron chi connectivity index (χ1n) is 6.90. The zero-order valence-corrected chi connectivity index (χ0v) is 12.4. The number of nitro groups is 1. The second-order valence-electron chi connectivity index (χ2n) is 5.08. The number of rotatable bonds is 4. The van der Waals surface area contributed by atoms with Gasteiger partial charge in [0.2, 0.25) is 0 Å². The van der Waals surface area contributed by atoms with Crippen LogP contribution in [-0.2, 0) is 0 Å². The number of carbonyl (C=O) groups excluding carboxylic acids is 1. The summed E-state index contributed by atoms with van der Waals surface area (Å²) in [5.74, 6) is -2.42. The number of nitrogens with one attached hydrogen (secondary N) is 1. The molecule has 3 N–H and O–H groups in total. The van der Waals surface area contributed by atoms with Gasteiger partial charge in [0.15, 0.2) is 0 Å². The van der Waals surface area contributed by atoms with Crippen LogP contribution in [0.4, 0.5) is 11.4 Å². The fourth-order valence-electron chi connectivity index (χ4n) is 2.29. The highest BCUT2D eigenvalue weighted by atomic mass is 16.6. The molecule has 3 rings (SSSR count). The van der Waals surface area contributed by atoms with Crippen molar-refractivity contribution in [2.75, 3.05) is 5.32 Å². The molecule has 0 aliphatic rings. The van der Waals surface area contributed by atoms with E-state index in [1.807, 2.05) is 0 Å². The lowest BCUT2D eigenvalue weighted by atomic mass is 10.1. The molecule has 9 heteroatoms. The fraction of sp³-hybridized carbons (Fsp3) is 0. The molecule has 0 atom stereocenters. The van der Waals surface area contributed by atoms with Gasteiger partial charge < -0.3 is 19.9 Å². The summed E-state index contributed by atoms with van der Waals surface area (Å²) in [7, 11) is 0.